The summed E-state index contributed by atoms with van der Waals surface area (Å²) in [5.74, 6) is 4.83. The van der Waals surface area contributed by atoms with E-state index in [0.29, 0.717) is 42.9 Å². The van der Waals surface area contributed by atoms with Crippen LogP contribution in [-0.2, 0) is 0 Å². The molecule has 11 heteroatoms. The fourth-order valence-corrected chi connectivity index (χ4v) is 3.72. The molecule has 0 radical (unpaired) electrons. The SMILES string of the molecule is O=C(NCC(F)(F)F)c1ccc(N2CCN(C(=O)c3cncc(C#Cc4cncc(O)c4)c3)CC2)cc1. The largest absolute Gasteiger partial charge is 0.506 e. The molecular weight excluding hydrogens is 487 g/mol. The molecule has 4 rings (SSSR count). The number of piperazine rings is 1. The molecule has 1 saturated heterocycles. The number of carbonyl (C=O) groups excluding carboxylic acids is 2. The van der Waals surface area contributed by atoms with Crippen molar-refractivity contribution in [1.82, 2.24) is 20.2 Å². The highest BCUT2D eigenvalue weighted by molar-refractivity contribution is 5.95. The third-order valence-electron chi connectivity index (χ3n) is 5.57. The molecule has 0 unspecified atom stereocenters. The first-order valence-electron chi connectivity index (χ1n) is 11.3. The van der Waals surface area contributed by atoms with E-state index in [4.69, 9.17) is 0 Å². The summed E-state index contributed by atoms with van der Waals surface area (Å²) in [7, 11) is 0. The average molecular weight is 509 g/mol. The molecule has 8 nitrogen and oxygen atoms in total. The van der Waals surface area contributed by atoms with Crippen molar-refractivity contribution in [1.29, 1.82) is 0 Å². The maximum atomic E-state index is 13.0. The zero-order chi connectivity index (χ0) is 26.4. The fourth-order valence-electron chi connectivity index (χ4n) is 3.72. The number of hydrogen-bond donors (Lipinski definition) is 2. The lowest BCUT2D eigenvalue weighted by molar-refractivity contribution is -0.123. The fraction of sp³-hybridized carbons (Fsp3) is 0.231. The Labute approximate surface area is 210 Å². The summed E-state index contributed by atoms with van der Waals surface area (Å²) < 4.78 is 36.9. The van der Waals surface area contributed by atoms with Gasteiger partial charge in [0.25, 0.3) is 11.8 Å². The lowest BCUT2D eigenvalue weighted by atomic mass is 10.1. The number of carbonyl (C=O) groups is 2. The average Bonchev–Trinajstić information content (AvgIpc) is 2.90. The second-order valence-corrected chi connectivity index (χ2v) is 8.27. The molecule has 1 fully saturated rings. The number of nitrogens with zero attached hydrogens (tertiary/aromatic N) is 4. The molecule has 2 N–H and O–H groups in total. The Hall–Kier alpha value is -4.59. The number of aromatic nitrogens is 2. The highest BCUT2D eigenvalue weighted by Crippen LogP contribution is 2.19. The first kappa shape index (κ1) is 25.5. The zero-order valence-electron chi connectivity index (χ0n) is 19.5. The number of anilines is 1. The number of benzene rings is 1. The van der Waals surface area contributed by atoms with E-state index in [1.165, 1.54) is 36.8 Å². The molecule has 37 heavy (non-hydrogen) atoms. The molecule has 190 valence electrons. The lowest BCUT2D eigenvalue weighted by Crippen LogP contribution is -2.48. The summed E-state index contributed by atoms with van der Waals surface area (Å²) in [4.78, 5) is 36.6. The quantitative estimate of drug-likeness (QED) is 0.525. The number of alkyl halides is 3. The summed E-state index contributed by atoms with van der Waals surface area (Å²) in [6.07, 6.45) is 1.39. The van der Waals surface area contributed by atoms with Gasteiger partial charge in [-0.2, -0.15) is 13.2 Å². The first-order valence-corrected chi connectivity index (χ1v) is 11.3. The van der Waals surface area contributed by atoms with E-state index in [-0.39, 0.29) is 17.2 Å². The second kappa shape index (κ2) is 11.0. The standard InChI is InChI=1S/C26H22F3N5O3/c27-26(28,29)17-32-24(36)20-3-5-22(6-4-20)33-7-9-34(10-8-33)25(37)21-11-18(13-30-15-21)1-2-19-12-23(35)16-31-14-19/h3-6,11-16,35H,7-10,17H2,(H,32,36). The highest BCUT2D eigenvalue weighted by Gasteiger charge is 2.28. The van der Waals surface area contributed by atoms with E-state index in [2.05, 4.69) is 21.8 Å². The Kier molecular flexibility index (Phi) is 7.57. The molecule has 0 aliphatic carbocycles. The Bertz CT molecular complexity index is 1340. The lowest BCUT2D eigenvalue weighted by Gasteiger charge is -2.36. The summed E-state index contributed by atoms with van der Waals surface area (Å²) >= 11 is 0. The van der Waals surface area contributed by atoms with Crippen LogP contribution in [0.25, 0.3) is 0 Å². The van der Waals surface area contributed by atoms with E-state index in [0.717, 1.165) is 5.69 Å². The minimum atomic E-state index is -4.47. The van der Waals surface area contributed by atoms with E-state index in [1.807, 2.05) is 10.2 Å². The minimum Gasteiger partial charge on any atom is -0.506 e. The van der Waals surface area contributed by atoms with Crippen LogP contribution in [0.2, 0.25) is 0 Å². The van der Waals surface area contributed by atoms with Crippen LogP contribution < -0.4 is 10.2 Å². The Morgan fingerprint density at radius 1 is 0.892 bits per heavy atom. The Morgan fingerprint density at radius 2 is 1.51 bits per heavy atom. The predicted octanol–water partition coefficient (Wildman–Crippen LogP) is 2.84. The van der Waals surface area contributed by atoms with Crippen molar-refractivity contribution in [2.75, 3.05) is 37.6 Å². The number of rotatable bonds is 4. The topological polar surface area (TPSA) is 98.7 Å². The van der Waals surface area contributed by atoms with Gasteiger partial charge in [-0.1, -0.05) is 11.8 Å². The number of aromatic hydroxyl groups is 1. The van der Waals surface area contributed by atoms with Gasteiger partial charge in [0.05, 0.1) is 11.8 Å². The van der Waals surface area contributed by atoms with Crippen molar-refractivity contribution in [2.45, 2.75) is 6.18 Å². The number of hydrogen-bond acceptors (Lipinski definition) is 6. The summed E-state index contributed by atoms with van der Waals surface area (Å²) in [6.45, 7) is 0.615. The molecule has 0 bridgehead atoms. The maximum absolute atomic E-state index is 13.0. The van der Waals surface area contributed by atoms with E-state index in [1.54, 1.807) is 29.3 Å². The van der Waals surface area contributed by atoms with Gasteiger partial charge in [-0.25, -0.2) is 0 Å². The summed E-state index contributed by atoms with van der Waals surface area (Å²) in [5, 5.41) is 11.3. The normalized spacial score (nSPS) is 13.5. The predicted molar refractivity (Wildman–Crippen MR) is 129 cm³/mol. The second-order valence-electron chi connectivity index (χ2n) is 8.27. The van der Waals surface area contributed by atoms with E-state index < -0.39 is 18.6 Å². The van der Waals surface area contributed by atoms with Crippen molar-refractivity contribution in [3.05, 3.63) is 83.4 Å². The van der Waals surface area contributed by atoms with Crippen LogP contribution >= 0.6 is 0 Å². The summed E-state index contributed by atoms with van der Waals surface area (Å²) in [5.41, 5.74) is 2.43. The van der Waals surface area contributed by atoms with Crippen LogP contribution in [0.5, 0.6) is 5.75 Å². The molecule has 3 heterocycles. The van der Waals surface area contributed by atoms with Crippen molar-refractivity contribution in [3.8, 4) is 17.6 Å². The first-order chi connectivity index (χ1) is 17.7. The van der Waals surface area contributed by atoms with E-state index >= 15 is 0 Å². The van der Waals surface area contributed by atoms with E-state index in [9.17, 15) is 27.9 Å². The van der Waals surface area contributed by atoms with Crippen LogP contribution in [0, 0.1) is 11.8 Å². The molecule has 0 atom stereocenters. The summed E-state index contributed by atoms with van der Waals surface area (Å²) in [6, 6.07) is 9.45. The van der Waals surface area contributed by atoms with Crippen molar-refractivity contribution in [3.63, 3.8) is 0 Å². The molecule has 0 spiro atoms. The number of halogens is 3. The number of pyridine rings is 2. The van der Waals surface area contributed by atoms with Crippen LogP contribution in [0.15, 0.2) is 61.2 Å². The van der Waals surface area contributed by atoms with Gasteiger partial charge in [0.1, 0.15) is 12.3 Å². The third-order valence-corrected chi connectivity index (χ3v) is 5.57. The van der Waals surface area contributed by atoms with Crippen molar-refractivity contribution < 1.29 is 27.9 Å². The molecule has 1 aliphatic heterocycles. The van der Waals surface area contributed by atoms with Gasteiger partial charge in [-0.05, 0) is 36.4 Å². The number of amides is 2. The minimum absolute atomic E-state index is 0.00960. The van der Waals surface area contributed by atoms with Crippen LogP contribution in [0.1, 0.15) is 31.8 Å². The van der Waals surface area contributed by atoms with Crippen LogP contribution in [0.3, 0.4) is 0 Å². The zero-order valence-corrected chi connectivity index (χ0v) is 19.5. The van der Waals surface area contributed by atoms with Crippen molar-refractivity contribution >= 4 is 17.5 Å². The van der Waals surface area contributed by atoms with Crippen molar-refractivity contribution in [2.24, 2.45) is 0 Å². The highest BCUT2D eigenvalue weighted by atomic mass is 19.4. The smallest absolute Gasteiger partial charge is 0.405 e. The Morgan fingerprint density at radius 3 is 2.14 bits per heavy atom. The molecular formula is C26H22F3N5O3. The van der Waals surface area contributed by atoms with Gasteiger partial charge in [-0.15, -0.1) is 0 Å². The monoisotopic (exact) mass is 509 g/mol. The molecule has 1 aromatic carbocycles. The van der Waals surface area contributed by atoms with Gasteiger partial charge in [0.15, 0.2) is 0 Å². The molecule has 2 aromatic heterocycles. The van der Waals surface area contributed by atoms with Gasteiger partial charge in [0.2, 0.25) is 0 Å². The van der Waals surface area contributed by atoms with Gasteiger partial charge >= 0.3 is 6.18 Å². The maximum Gasteiger partial charge on any atom is 0.405 e. The Balaban J connectivity index is 1.34. The van der Waals surface area contributed by atoms with Gasteiger partial charge < -0.3 is 20.2 Å². The third kappa shape index (κ3) is 6.98. The molecule has 2 amide bonds. The molecule has 3 aromatic rings. The number of nitrogens with one attached hydrogen (secondary N) is 1. The van der Waals surface area contributed by atoms with Crippen LogP contribution in [-0.4, -0.2) is 70.7 Å². The molecule has 0 saturated carbocycles. The molecule has 1 aliphatic rings. The van der Waals surface area contributed by atoms with Crippen LogP contribution in [0.4, 0.5) is 18.9 Å². The van der Waals surface area contributed by atoms with Gasteiger partial charge in [-0.3, -0.25) is 19.6 Å². The van der Waals surface area contributed by atoms with Gasteiger partial charge in [0, 0.05) is 67.1 Å².